The van der Waals surface area contributed by atoms with Gasteiger partial charge in [0, 0.05) is 23.9 Å². The molecule has 6 heteroatoms. The van der Waals surface area contributed by atoms with Crippen molar-refractivity contribution in [3.05, 3.63) is 5.41 Å². The zero-order valence-electron chi connectivity index (χ0n) is 4.09. The molecule has 0 spiro atoms. The van der Waals surface area contributed by atoms with E-state index in [0.29, 0.717) is 0 Å². The maximum Gasteiger partial charge on any atom is 0.336 e. The molecule has 6 N–H and O–H groups in total. The van der Waals surface area contributed by atoms with Crippen LogP contribution in [0.4, 0.5) is 0 Å². The van der Waals surface area contributed by atoms with Gasteiger partial charge in [-0.15, -0.1) is 0 Å². The van der Waals surface area contributed by atoms with Crippen LogP contribution in [0.1, 0.15) is 0 Å². The molecule has 0 aromatic heterocycles. The number of hydrogen-bond donors (Lipinski definition) is 3. The van der Waals surface area contributed by atoms with Gasteiger partial charge in [0.2, 0.25) is 0 Å². The Morgan fingerprint density at radius 2 is 1.62 bits per heavy atom. The largest absolute Gasteiger partial charge is 0.753 e. The van der Waals surface area contributed by atoms with E-state index in [1.807, 2.05) is 0 Å². The van der Waals surface area contributed by atoms with Crippen LogP contribution in [-0.4, -0.2) is 35.0 Å². The summed E-state index contributed by atoms with van der Waals surface area (Å²) < 4.78 is 0. The van der Waals surface area contributed by atoms with Gasteiger partial charge in [-0.25, -0.2) is 0 Å². The van der Waals surface area contributed by atoms with Gasteiger partial charge in [0.25, 0.3) is 0 Å². The second-order valence-electron chi connectivity index (χ2n) is 0.591. The number of thiocarbonyl (C=S) groups is 1. The molecule has 0 bridgehead atoms. The smallest absolute Gasteiger partial charge is 0.336 e. The molecule has 0 saturated heterocycles. The summed E-state index contributed by atoms with van der Waals surface area (Å²) in [6.45, 7) is 0. The first-order valence-electron chi connectivity index (χ1n) is 1.29. The number of isothiocyanates is 1. The van der Waals surface area contributed by atoms with Crippen LogP contribution in [0.5, 0.6) is 0 Å². The van der Waals surface area contributed by atoms with Gasteiger partial charge in [-0.3, -0.25) is 16.9 Å². The standard InChI is InChI=1S/CH5N3.CNS.Sn/c2-1(3)4;2-1-3;/h(H5,2,3,4);;/q;-1;/p+1. The molecule has 44 valence electrons. The van der Waals surface area contributed by atoms with E-state index in [-0.39, 0.29) is 29.9 Å². The SMILES string of the molecule is NC(N)=[NH2+].[N-]=C=S.[Sn]. The molecule has 0 heterocycles. The summed E-state index contributed by atoms with van der Waals surface area (Å²) in [6, 6.07) is 0. The molecule has 0 unspecified atom stereocenters. The van der Waals surface area contributed by atoms with Gasteiger partial charge >= 0.3 is 5.96 Å². The minimum Gasteiger partial charge on any atom is -0.753 e. The Kier molecular flexibility index (Phi) is 30.9. The van der Waals surface area contributed by atoms with Crippen LogP contribution in [0.25, 0.3) is 5.41 Å². The van der Waals surface area contributed by atoms with E-state index < -0.39 is 0 Å². The fourth-order valence-electron chi connectivity index (χ4n) is 0. The molecule has 0 aromatic carbocycles. The molecule has 0 saturated carbocycles. The number of rotatable bonds is 0. The van der Waals surface area contributed by atoms with E-state index in [4.69, 9.17) is 5.41 Å². The first-order valence-corrected chi connectivity index (χ1v) is 1.70. The van der Waals surface area contributed by atoms with Gasteiger partial charge in [0.1, 0.15) is 0 Å². The van der Waals surface area contributed by atoms with Crippen molar-refractivity contribution in [1.82, 2.24) is 0 Å². The predicted octanol–water partition coefficient (Wildman–Crippen LogP) is -2.70. The van der Waals surface area contributed by atoms with Crippen molar-refractivity contribution >= 4 is 47.2 Å². The van der Waals surface area contributed by atoms with Crippen molar-refractivity contribution in [2.75, 3.05) is 0 Å². The molecule has 0 aliphatic heterocycles. The Balaban J connectivity index is -0.0000000575. The summed E-state index contributed by atoms with van der Waals surface area (Å²) in [7, 11) is 0. The topological polar surface area (TPSA) is 99.9 Å². The summed E-state index contributed by atoms with van der Waals surface area (Å²) in [5.41, 5.74) is 9.17. The Hall–Kier alpha value is -0.131. The summed E-state index contributed by atoms with van der Waals surface area (Å²) in [4.78, 5) is 0. The molecule has 0 aromatic rings. The van der Waals surface area contributed by atoms with Crippen LogP contribution in [0.2, 0.25) is 0 Å². The summed E-state index contributed by atoms with van der Waals surface area (Å²) >= 11 is 3.70. The maximum atomic E-state index is 7.13. The van der Waals surface area contributed by atoms with E-state index >= 15 is 0 Å². The van der Waals surface area contributed by atoms with E-state index in [0.717, 1.165) is 0 Å². The first kappa shape index (κ1) is 15.7. The predicted molar refractivity (Wildman–Crippen MR) is 37.0 cm³/mol. The zero-order chi connectivity index (χ0) is 6.28. The second-order valence-corrected chi connectivity index (χ2v) is 0.774. The fourth-order valence-corrected chi connectivity index (χ4v) is 0. The van der Waals surface area contributed by atoms with E-state index in [2.05, 4.69) is 29.1 Å². The minimum absolute atomic E-state index is 0. The summed E-state index contributed by atoms with van der Waals surface area (Å²) in [5, 5.41) is 13.1. The monoisotopic (exact) mass is 238 g/mol. The molecule has 4 radical (unpaired) electrons. The van der Waals surface area contributed by atoms with Crippen molar-refractivity contribution in [2.45, 2.75) is 0 Å². The van der Waals surface area contributed by atoms with Gasteiger partial charge in [-0.05, 0) is 0 Å². The number of hydrogen-bond acceptors (Lipinski definition) is 1. The van der Waals surface area contributed by atoms with Crippen molar-refractivity contribution in [3.8, 4) is 0 Å². The maximum absolute atomic E-state index is 7.13. The Morgan fingerprint density at radius 1 is 1.62 bits per heavy atom. The average molecular weight is 237 g/mol. The van der Waals surface area contributed by atoms with E-state index in [1.54, 1.807) is 0 Å². The third kappa shape index (κ3) is 8070. The Morgan fingerprint density at radius 3 is 1.62 bits per heavy atom. The van der Waals surface area contributed by atoms with Crippen molar-refractivity contribution in [2.24, 2.45) is 11.5 Å². The summed E-state index contributed by atoms with van der Waals surface area (Å²) in [6.07, 6.45) is 0. The van der Waals surface area contributed by atoms with Crippen LogP contribution >= 0.6 is 12.2 Å². The molecule has 0 aliphatic rings. The van der Waals surface area contributed by atoms with E-state index in [9.17, 15) is 0 Å². The molecule has 8 heavy (non-hydrogen) atoms. The van der Waals surface area contributed by atoms with Gasteiger partial charge < -0.3 is 5.41 Å². The summed E-state index contributed by atoms with van der Waals surface area (Å²) in [5.74, 6) is -0.0833. The van der Waals surface area contributed by atoms with E-state index in [1.165, 1.54) is 5.16 Å². The molecule has 0 fully saturated rings. The molecule has 0 atom stereocenters. The molecular formula is C2H6N4SSn. The first-order chi connectivity index (χ1) is 3.15. The quantitative estimate of drug-likeness (QED) is 0.185. The van der Waals surface area contributed by atoms with Crippen molar-refractivity contribution < 1.29 is 5.41 Å². The van der Waals surface area contributed by atoms with Gasteiger partial charge in [0.15, 0.2) is 0 Å². The third-order valence-electron chi connectivity index (χ3n) is 0. The molecule has 0 rings (SSSR count). The fraction of sp³-hybridized carbons (Fsp3) is 0. The number of nitrogens with two attached hydrogens (primary N) is 3. The Bertz CT molecular complexity index is 82.0. The van der Waals surface area contributed by atoms with Crippen molar-refractivity contribution in [1.29, 1.82) is 0 Å². The van der Waals surface area contributed by atoms with Crippen LogP contribution in [0.3, 0.4) is 0 Å². The Labute approximate surface area is 69.6 Å². The van der Waals surface area contributed by atoms with Crippen LogP contribution < -0.4 is 16.9 Å². The molecule has 0 aliphatic carbocycles. The van der Waals surface area contributed by atoms with Crippen LogP contribution in [0.15, 0.2) is 0 Å². The van der Waals surface area contributed by atoms with Crippen LogP contribution in [-0.2, 0) is 0 Å². The number of nitrogens with zero attached hydrogens (tertiary/aromatic N) is 1. The van der Waals surface area contributed by atoms with Gasteiger partial charge in [-0.2, -0.15) is 5.16 Å². The average Bonchev–Trinajstić information content (AvgIpc) is 1.33. The van der Waals surface area contributed by atoms with Crippen LogP contribution in [0, 0.1) is 0 Å². The number of guanidine groups is 1. The second kappa shape index (κ2) is 15.8. The van der Waals surface area contributed by atoms with Gasteiger partial charge in [-0.1, -0.05) is 12.2 Å². The molecule has 4 nitrogen and oxygen atoms in total. The molecular weight excluding hydrogens is 231 g/mol. The minimum atomic E-state index is -0.0833. The zero-order valence-corrected chi connectivity index (χ0v) is 7.76. The normalized spacial score (nSPS) is 4.00. The molecule has 0 amide bonds. The van der Waals surface area contributed by atoms with Crippen molar-refractivity contribution in [3.63, 3.8) is 0 Å². The third-order valence-corrected chi connectivity index (χ3v) is 0. The van der Waals surface area contributed by atoms with Gasteiger partial charge in [0.05, 0.1) is 0 Å².